The monoisotopic (exact) mass is 315 g/mol. The van der Waals surface area contributed by atoms with Crippen LogP contribution in [0.2, 0.25) is 0 Å². The summed E-state index contributed by atoms with van der Waals surface area (Å²) in [5.41, 5.74) is 1.03. The van der Waals surface area contributed by atoms with Crippen molar-refractivity contribution in [3.8, 4) is 0 Å². The van der Waals surface area contributed by atoms with Gasteiger partial charge in [0, 0.05) is 5.39 Å². The summed E-state index contributed by atoms with van der Waals surface area (Å²) >= 11 is 0. The summed E-state index contributed by atoms with van der Waals surface area (Å²) in [7, 11) is 0. The van der Waals surface area contributed by atoms with E-state index in [0.717, 1.165) is 17.4 Å². The molecule has 0 spiro atoms. The molecule has 0 fully saturated rings. The highest BCUT2D eigenvalue weighted by Crippen LogP contribution is 2.33. The third-order valence-corrected chi connectivity index (χ3v) is 3.83. The van der Waals surface area contributed by atoms with Crippen LogP contribution in [0.25, 0.3) is 10.9 Å². The van der Waals surface area contributed by atoms with Gasteiger partial charge in [0.25, 0.3) is 0 Å². The lowest BCUT2D eigenvalue weighted by molar-refractivity contribution is -0.141. The second-order valence-corrected chi connectivity index (χ2v) is 5.53. The number of halogens is 3. The van der Waals surface area contributed by atoms with Crippen LogP contribution in [0.1, 0.15) is 23.2 Å². The predicted octanol–water partition coefficient (Wildman–Crippen LogP) is 5.43. The van der Waals surface area contributed by atoms with Gasteiger partial charge in [-0.15, -0.1) is 0 Å². The van der Waals surface area contributed by atoms with Crippen LogP contribution in [-0.4, -0.2) is 4.98 Å². The average molecular weight is 315 g/mol. The van der Waals surface area contributed by atoms with E-state index in [4.69, 9.17) is 0 Å². The zero-order valence-electron chi connectivity index (χ0n) is 12.5. The fraction of sp³-hybridized carbons (Fsp3) is 0.211. The molecule has 0 amide bonds. The van der Waals surface area contributed by atoms with Crippen molar-refractivity contribution in [2.45, 2.75) is 25.4 Å². The third-order valence-electron chi connectivity index (χ3n) is 3.83. The Hall–Kier alpha value is -2.36. The standard InChI is InChI=1S/C19H16F3N/c20-19(21,22)18-16(11-6-9-14-7-2-1-3-8-14)13-15-10-4-5-12-17(15)23-18/h1-5,7-8,10,12-13H,6,9,11H2. The Labute approximate surface area is 132 Å². The van der Waals surface area contributed by atoms with Crippen molar-refractivity contribution in [2.24, 2.45) is 0 Å². The normalized spacial score (nSPS) is 11.8. The van der Waals surface area contributed by atoms with E-state index >= 15 is 0 Å². The van der Waals surface area contributed by atoms with Gasteiger partial charge in [0.2, 0.25) is 0 Å². The summed E-state index contributed by atoms with van der Waals surface area (Å²) in [6, 6.07) is 18.3. The summed E-state index contributed by atoms with van der Waals surface area (Å²) in [5, 5.41) is 0.746. The van der Waals surface area contributed by atoms with Crippen LogP contribution in [-0.2, 0) is 19.0 Å². The number of nitrogens with zero attached hydrogens (tertiary/aromatic N) is 1. The van der Waals surface area contributed by atoms with E-state index in [1.807, 2.05) is 36.4 Å². The molecular formula is C19H16F3N. The first-order valence-electron chi connectivity index (χ1n) is 7.54. The highest BCUT2D eigenvalue weighted by molar-refractivity contribution is 5.79. The summed E-state index contributed by atoms with van der Waals surface area (Å²) in [6.45, 7) is 0. The van der Waals surface area contributed by atoms with E-state index in [1.165, 1.54) is 0 Å². The molecule has 1 nitrogen and oxygen atoms in total. The molecule has 4 heteroatoms. The van der Waals surface area contributed by atoms with Crippen molar-refractivity contribution in [2.75, 3.05) is 0 Å². The SMILES string of the molecule is FC(F)(F)c1nc2ccccc2cc1CCCc1ccccc1. The number of pyridine rings is 1. The number of aromatic nitrogens is 1. The smallest absolute Gasteiger partial charge is 0.243 e. The molecule has 1 heterocycles. The number of aryl methyl sites for hydroxylation is 2. The highest BCUT2D eigenvalue weighted by Gasteiger charge is 2.35. The molecule has 1 aromatic heterocycles. The molecule has 3 aromatic rings. The molecule has 0 N–H and O–H groups in total. The summed E-state index contributed by atoms with van der Waals surface area (Å²) in [5.74, 6) is 0. The second-order valence-electron chi connectivity index (χ2n) is 5.53. The molecule has 0 unspecified atom stereocenters. The van der Waals surface area contributed by atoms with Crippen molar-refractivity contribution >= 4 is 10.9 Å². The maximum atomic E-state index is 13.3. The Morgan fingerprint density at radius 2 is 1.52 bits per heavy atom. The molecule has 0 aliphatic heterocycles. The molecule has 0 saturated heterocycles. The largest absolute Gasteiger partial charge is 0.433 e. The number of para-hydroxylation sites is 1. The molecule has 0 saturated carbocycles. The molecule has 0 bridgehead atoms. The van der Waals surface area contributed by atoms with E-state index in [-0.39, 0.29) is 5.56 Å². The van der Waals surface area contributed by atoms with Gasteiger partial charge in [-0.3, -0.25) is 0 Å². The number of hydrogen-bond acceptors (Lipinski definition) is 1. The van der Waals surface area contributed by atoms with E-state index < -0.39 is 11.9 Å². The molecule has 118 valence electrons. The Balaban J connectivity index is 1.86. The van der Waals surface area contributed by atoms with Gasteiger partial charge in [0.1, 0.15) is 5.69 Å². The fourth-order valence-corrected chi connectivity index (χ4v) is 2.72. The molecule has 3 rings (SSSR count). The lowest BCUT2D eigenvalue weighted by Gasteiger charge is -2.13. The minimum atomic E-state index is -4.42. The number of alkyl halides is 3. The maximum absolute atomic E-state index is 13.3. The van der Waals surface area contributed by atoms with Crippen LogP contribution in [0, 0.1) is 0 Å². The molecule has 0 aliphatic carbocycles. The van der Waals surface area contributed by atoms with Gasteiger partial charge in [0.15, 0.2) is 0 Å². The lowest BCUT2D eigenvalue weighted by atomic mass is 10.0. The summed E-state index contributed by atoms with van der Waals surface area (Å²) in [6.07, 6.45) is -2.65. The van der Waals surface area contributed by atoms with Crippen molar-refractivity contribution in [3.05, 3.63) is 77.5 Å². The van der Waals surface area contributed by atoms with Crippen molar-refractivity contribution in [1.82, 2.24) is 4.98 Å². The predicted molar refractivity (Wildman–Crippen MR) is 85.2 cm³/mol. The van der Waals surface area contributed by atoms with Gasteiger partial charge in [-0.1, -0.05) is 48.5 Å². The van der Waals surface area contributed by atoms with Crippen LogP contribution in [0.5, 0.6) is 0 Å². The van der Waals surface area contributed by atoms with Gasteiger partial charge in [-0.2, -0.15) is 13.2 Å². The minimum absolute atomic E-state index is 0.270. The highest BCUT2D eigenvalue weighted by atomic mass is 19.4. The van der Waals surface area contributed by atoms with E-state index in [2.05, 4.69) is 4.98 Å². The Morgan fingerprint density at radius 3 is 2.26 bits per heavy atom. The van der Waals surface area contributed by atoms with Crippen LogP contribution in [0.4, 0.5) is 13.2 Å². The van der Waals surface area contributed by atoms with Gasteiger partial charge in [0.05, 0.1) is 5.52 Å². The number of benzene rings is 2. The lowest BCUT2D eigenvalue weighted by Crippen LogP contribution is -2.12. The first-order valence-corrected chi connectivity index (χ1v) is 7.54. The first-order chi connectivity index (χ1) is 11.0. The second kappa shape index (κ2) is 6.41. The number of rotatable bonds is 4. The first kappa shape index (κ1) is 15.5. The molecule has 0 radical (unpaired) electrons. The number of fused-ring (bicyclic) bond motifs is 1. The van der Waals surface area contributed by atoms with Gasteiger partial charge in [-0.25, -0.2) is 4.98 Å². The van der Waals surface area contributed by atoms with E-state index in [0.29, 0.717) is 18.4 Å². The van der Waals surface area contributed by atoms with E-state index in [9.17, 15) is 13.2 Å². The summed E-state index contributed by atoms with van der Waals surface area (Å²) in [4.78, 5) is 3.85. The zero-order valence-corrected chi connectivity index (χ0v) is 12.5. The van der Waals surface area contributed by atoms with Crippen LogP contribution >= 0.6 is 0 Å². The molecule has 0 atom stereocenters. The van der Waals surface area contributed by atoms with Crippen LogP contribution in [0.3, 0.4) is 0 Å². The summed E-state index contributed by atoms with van der Waals surface area (Å²) < 4.78 is 39.8. The fourth-order valence-electron chi connectivity index (χ4n) is 2.72. The van der Waals surface area contributed by atoms with Gasteiger partial charge in [-0.05, 0) is 42.5 Å². The van der Waals surface area contributed by atoms with Crippen molar-refractivity contribution < 1.29 is 13.2 Å². The molecule has 23 heavy (non-hydrogen) atoms. The van der Waals surface area contributed by atoms with Gasteiger partial charge < -0.3 is 0 Å². The minimum Gasteiger partial charge on any atom is -0.243 e. The third kappa shape index (κ3) is 3.70. The topological polar surface area (TPSA) is 12.9 Å². The molecule has 0 aliphatic rings. The number of hydrogen-bond donors (Lipinski definition) is 0. The van der Waals surface area contributed by atoms with Gasteiger partial charge >= 0.3 is 6.18 Å². The van der Waals surface area contributed by atoms with Crippen LogP contribution < -0.4 is 0 Å². The maximum Gasteiger partial charge on any atom is 0.433 e. The van der Waals surface area contributed by atoms with Crippen LogP contribution in [0.15, 0.2) is 60.7 Å². The average Bonchev–Trinajstić information content (AvgIpc) is 2.54. The Bertz CT molecular complexity index is 795. The molecular weight excluding hydrogens is 299 g/mol. The van der Waals surface area contributed by atoms with Crippen molar-refractivity contribution in [1.29, 1.82) is 0 Å². The van der Waals surface area contributed by atoms with Crippen molar-refractivity contribution in [3.63, 3.8) is 0 Å². The quantitative estimate of drug-likeness (QED) is 0.625. The molecule has 2 aromatic carbocycles. The van der Waals surface area contributed by atoms with E-state index in [1.54, 1.807) is 24.3 Å². The zero-order chi connectivity index (χ0) is 16.3. The Morgan fingerprint density at radius 1 is 0.826 bits per heavy atom. The Kier molecular flexibility index (Phi) is 4.33.